The molecule has 0 aliphatic carbocycles. The summed E-state index contributed by atoms with van der Waals surface area (Å²) in [5, 5.41) is 3.48. The van der Waals surface area contributed by atoms with E-state index in [1.807, 2.05) is 18.5 Å². The number of anilines is 1. The first kappa shape index (κ1) is 13.1. The molecule has 2 rings (SSSR count). The van der Waals surface area contributed by atoms with Crippen molar-refractivity contribution in [3.8, 4) is 0 Å². The predicted molar refractivity (Wildman–Crippen MR) is 75.8 cm³/mol. The van der Waals surface area contributed by atoms with Gasteiger partial charge in [0.15, 0.2) is 0 Å². The summed E-state index contributed by atoms with van der Waals surface area (Å²) in [4.78, 5) is 6.90. The normalized spacial score (nSPS) is 18.5. The van der Waals surface area contributed by atoms with Crippen LogP contribution >= 0.6 is 0 Å². The number of likely N-dealkylation sites (tertiary alicyclic amines) is 1. The monoisotopic (exact) mass is 248 g/mol. The summed E-state index contributed by atoms with van der Waals surface area (Å²) >= 11 is 0. The Kier molecular flexibility index (Phi) is 4.81. The average molecular weight is 248 g/mol. The van der Waals surface area contributed by atoms with Gasteiger partial charge in [0.05, 0.1) is 0 Å². The fourth-order valence-corrected chi connectivity index (χ4v) is 2.53. The quantitative estimate of drug-likeness (QED) is 0.785. The first-order chi connectivity index (χ1) is 8.79. The van der Waals surface area contributed by atoms with Gasteiger partial charge in [-0.05, 0) is 32.9 Å². The molecule has 100 valence electrons. The van der Waals surface area contributed by atoms with E-state index in [0.29, 0.717) is 6.04 Å². The molecule has 1 aliphatic heterocycles. The van der Waals surface area contributed by atoms with E-state index in [0.717, 1.165) is 19.0 Å². The smallest absolute Gasteiger partial charge is 0.203 e. The van der Waals surface area contributed by atoms with Gasteiger partial charge in [-0.25, -0.2) is 4.98 Å². The van der Waals surface area contributed by atoms with E-state index >= 15 is 0 Å². The molecule has 0 aromatic carbocycles. The molecule has 0 radical (unpaired) electrons. The Labute approximate surface area is 110 Å². The van der Waals surface area contributed by atoms with Gasteiger partial charge in [0.1, 0.15) is 0 Å². The second-order valence-corrected chi connectivity index (χ2v) is 5.10. The third kappa shape index (κ3) is 3.60. The van der Waals surface area contributed by atoms with E-state index < -0.39 is 0 Å². The molecule has 1 saturated heterocycles. The summed E-state index contributed by atoms with van der Waals surface area (Å²) in [6.07, 6.45) is 9.79. The molecule has 18 heavy (non-hydrogen) atoms. The summed E-state index contributed by atoms with van der Waals surface area (Å²) in [7, 11) is 0. The van der Waals surface area contributed by atoms with Crippen molar-refractivity contribution in [2.24, 2.45) is 0 Å². The first-order valence-electron chi connectivity index (χ1n) is 6.90. The molecule has 0 bridgehead atoms. The molecule has 0 amide bonds. The topological polar surface area (TPSA) is 33.1 Å². The molecule has 4 heteroatoms. The highest BCUT2D eigenvalue weighted by atomic mass is 15.2. The van der Waals surface area contributed by atoms with Gasteiger partial charge < -0.3 is 14.8 Å². The van der Waals surface area contributed by atoms with Crippen LogP contribution in [0.2, 0.25) is 0 Å². The Bertz CT molecular complexity index is 366. The summed E-state index contributed by atoms with van der Waals surface area (Å²) < 4.78 is 2.08. The maximum absolute atomic E-state index is 4.35. The molecule has 0 spiro atoms. The molecule has 1 N–H and O–H groups in total. The van der Waals surface area contributed by atoms with Gasteiger partial charge in [0.2, 0.25) is 5.95 Å². The summed E-state index contributed by atoms with van der Waals surface area (Å²) in [5.74, 6) is 0.944. The largest absolute Gasteiger partial charge is 0.352 e. The number of rotatable bonds is 6. The van der Waals surface area contributed by atoms with Crippen molar-refractivity contribution in [1.82, 2.24) is 14.5 Å². The zero-order valence-corrected chi connectivity index (χ0v) is 11.3. The van der Waals surface area contributed by atoms with Crippen molar-refractivity contribution < 1.29 is 0 Å². The van der Waals surface area contributed by atoms with Crippen LogP contribution in [-0.4, -0.2) is 40.1 Å². The molecular formula is C14H24N4. The van der Waals surface area contributed by atoms with Crippen LogP contribution in [-0.2, 0) is 6.54 Å². The van der Waals surface area contributed by atoms with Gasteiger partial charge in [-0.2, -0.15) is 0 Å². The van der Waals surface area contributed by atoms with Gasteiger partial charge in [-0.1, -0.05) is 12.5 Å². The number of hydrogen-bond acceptors (Lipinski definition) is 3. The van der Waals surface area contributed by atoms with Gasteiger partial charge in [0, 0.05) is 31.5 Å². The Morgan fingerprint density at radius 1 is 1.44 bits per heavy atom. The van der Waals surface area contributed by atoms with Crippen LogP contribution in [0.1, 0.15) is 26.2 Å². The van der Waals surface area contributed by atoms with E-state index in [1.54, 1.807) is 0 Å². The fourth-order valence-electron chi connectivity index (χ4n) is 2.53. The number of aromatic nitrogens is 2. The number of hydrogen-bond donors (Lipinski definition) is 1. The van der Waals surface area contributed by atoms with E-state index in [-0.39, 0.29) is 0 Å². The third-order valence-electron chi connectivity index (χ3n) is 3.40. The molecule has 4 nitrogen and oxygen atoms in total. The second-order valence-electron chi connectivity index (χ2n) is 5.10. The predicted octanol–water partition coefficient (Wildman–Crippen LogP) is 2.36. The molecule has 1 unspecified atom stereocenters. The van der Waals surface area contributed by atoms with E-state index in [9.17, 15) is 0 Å². The molecule has 1 aromatic heterocycles. The van der Waals surface area contributed by atoms with Crippen LogP contribution < -0.4 is 5.32 Å². The maximum atomic E-state index is 4.35. The van der Waals surface area contributed by atoms with E-state index in [1.165, 1.54) is 32.4 Å². The molecule has 1 aromatic rings. The second kappa shape index (κ2) is 6.59. The maximum Gasteiger partial charge on any atom is 0.203 e. The molecule has 2 heterocycles. The summed E-state index contributed by atoms with van der Waals surface area (Å²) in [6.45, 7) is 10.4. The van der Waals surface area contributed by atoms with Crippen LogP contribution in [0.4, 0.5) is 5.95 Å². The van der Waals surface area contributed by atoms with Crippen LogP contribution in [0.5, 0.6) is 0 Å². The zero-order chi connectivity index (χ0) is 12.8. The van der Waals surface area contributed by atoms with Gasteiger partial charge in [-0.3, -0.25) is 0 Å². The Morgan fingerprint density at radius 3 is 2.94 bits per heavy atom. The Morgan fingerprint density at radius 2 is 2.22 bits per heavy atom. The lowest BCUT2D eigenvalue weighted by molar-refractivity contribution is 0.223. The van der Waals surface area contributed by atoms with Crippen molar-refractivity contribution in [2.75, 3.05) is 25.0 Å². The van der Waals surface area contributed by atoms with Crippen molar-refractivity contribution >= 4 is 5.95 Å². The van der Waals surface area contributed by atoms with E-state index in [2.05, 4.69) is 33.3 Å². The lowest BCUT2D eigenvalue weighted by Gasteiger charge is -2.29. The number of piperidine rings is 1. The van der Waals surface area contributed by atoms with Crippen LogP contribution in [0, 0.1) is 0 Å². The van der Waals surface area contributed by atoms with Crippen LogP contribution in [0.15, 0.2) is 25.0 Å². The summed E-state index contributed by atoms with van der Waals surface area (Å²) in [5.41, 5.74) is 0. The third-order valence-corrected chi connectivity index (χ3v) is 3.40. The lowest BCUT2D eigenvalue weighted by Crippen LogP contribution is -2.38. The van der Waals surface area contributed by atoms with Gasteiger partial charge in [-0.15, -0.1) is 6.58 Å². The number of nitrogens with one attached hydrogen (secondary N) is 1. The highest BCUT2D eigenvalue weighted by molar-refractivity contribution is 5.27. The SMILES string of the molecule is C=CCn1ccnc1NC(C)CN1CCCCC1. The van der Waals surface area contributed by atoms with Crippen molar-refractivity contribution in [1.29, 1.82) is 0 Å². The minimum absolute atomic E-state index is 0.425. The highest BCUT2D eigenvalue weighted by Gasteiger charge is 2.14. The molecule has 1 atom stereocenters. The fraction of sp³-hybridized carbons (Fsp3) is 0.643. The molecule has 1 aliphatic rings. The number of allylic oxidation sites excluding steroid dienone is 1. The average Bonchev–Trinajstić information content (AvgIpc) is 2.78. The lowest BCUT2D eigenvalue weighted by atomic mass is 10.1. The molecule has 1 fully saturated rings. The standard InChI is InChI=1S/C14H24N4/c1-3-8-18-11-7-15-14(18)16-13(2)12-17-9-5-4-6-10-17/h3,7,11,13H,1,4-6,8-10,12H2,2H3,(H,15,16). The molecule has 0 saturated carbocycles. The van der Waals surface area contributed by atoms with Crippen LogP contribution in [0.25, 0.3) is 0 Å². The van der Waals surface area contributed by atoms with Crippen molar-refractivity contribution in [3.05, 3.63) is 25.0 Å². The highest BCUT2D eigenvalue weighted by Crippen LogP contribution is 2.11. The molecular weight excluding hydrogens is 224 g/mol. The summed E-state index contributed by atoms with van der Waals surface area (Å²) in [6, 6.07) is 0.425. The zero-order valence-electron chi connectivity index (χ0n) is 11.3. The van der Waals surface area contributed by atoms with E-state index in [4.69, 9.17) is 0 Å². The van der Waals surface area contributed by atoms with Crippen molar-refractivity contribution in [2.45, 2.75) is 38.8 Å². The first-order valence-corrected chi connectivity index (χ1v) is 6.90. The van der Waals surface area contributed by atoms with Gasteiger partial charge >= 0.3 is 0 Å². The number of imidazole rings is 1. The van der Waals surface area contributed by atoms with Crippen molar-refractivity contribution in [3.63, 3.8) is 0 Å². The Balaban J connectivity index is 1.83. The number of nitrogens with zero attached hydrogens (tertiary/aromatic N) is 3. The van der Waals surface area contributed by atoms with Gasteiger partial charge in [0.25, 0.3) is 0 Å². The van der Waals surface area contributed by atoms with Crippen LogP contribution in [0.3, 0.4) is 0 Å². The minimum atomic E-state index is 0.425. The Hall–Kier alpha value is -1.29. The minimum Gasteiger partial charge on any atom is -0.352 e.